The predicted molar refractivity (Wildman–Crippen MR) is 80.7 cm³/mol. The van der Waals surface area contributed by atoms with Crippen LogP contribution in [-0.4, -0.2) is 17.2 Å². The summed E-state index contributed by atoms with van der Waals surface area (Å²) in [7, 11) is 0. The smallest absolute Gasteiger partial charge is 0.344 e. The zero-order chi connectivity index (χ0) is 15.4. The largest absolute Gasteiger partial charge is 0.479 e. The maximum atomic E-state index is 10.7. The van der Waals surface area contributed by atoms with Gasteiger partial charge in [-0.05, 0) is 49.4 Å². The van der Waals surface area contributed by atoms with Gasteiger partial charge in [0.2, 0.25) is 0 Å². The number of hydrogen-bond acceptors (Lipinski definition) is 3. The van der Waals surface area contributed by atoms with Crippen LogP contribution in [0.5, 0.6) is 17.2 Å². The minimum Gasteiger partial charge on any atom is -0.479 e. The number of halogens is 2. The average molecular weight is 327 g/mol. The van der Waals surface area contributed by atoms with Gasteiger partial charge >= 0.3 is 5.97 Å². The normalized spacial score (nSPS) is 11.8. The molecule has 1 unspecified atom stereocenters. The first-order valence-electron chi connectivity index (χ1n) is 6.07. The van der Waals surface area contributed by atoms with Crippen LogP contribution in [0.25, 0.3) is 0 Å². The molecule has 0 radical (unpaired) electrons. The van der Waals surface area contributed by atoms with Crippen molar-refractivity contribution in [1.29, 1.82) is 0 Å². The Morgan fingerprint density at radius 1 is 1.00 bits per heavy atom. The van der Waals surface area contributed by atoms with Crippen LogP contribution in [0.2, 0.25) is 10.0 Å². The number of carbonyl (C=O) groups is 1. The lowest BCUT2D eigenvalue weighted by Crippen LogP contribution is -2.22. The number of hydrogen-bond donors (Lipinski definition) is 1. The van der Waals surface area contributed by atoms with Crippen molar-refractivity contribution in [3.63, 3.8) is 0 Å². The fourth-order valence-electron chi connectivity index (χ4n) is 1.56. The zero-order valence-corrected chi connectivity index (χ0v) is 12.6. The quantitative estimate of drug-likeness (QED) is 0.869. The van der Waals surface area contributed by atoms with Gasteiger partial charge in [0.25, 0.3) is 0 Å². The van der Waals surface area contributed by atoms with E-state index in [1.807, 2.05) is 0 Å². The van der Waals surface area contributed by atoms with Gasteiger partial charge in [-0.1, -0.05) is 23.2 Å². The van der Waals surface area contributed by atoms with Crippen molar-refractivity contribution >= 4 is 29.2 Å². The Morgan fingerprint density at radius 3 is 2.05 bits per heavy atom. The maximum absolute atomic E-state index is 10.7. The summed E-state index contributed by atoms with van der Waals surface area (Å²) in [6.07, 6.45) is -0.913. The molecule has 4 nitrogen and oxygen atoms in total. The fraction of sp³-hybridized carbons (Fsp3) is 0.133. The summed E-state index contributed by atoms with van der Waals surface area (Å²) in [6.45, 7) is 1.46. The predicted octanol–water partition coefficient (Wildman–Crippen LogP) is 4.64. The van der Waals surface area contributed by atoms with E-state index >= 15 is 0 Å². The number of aliphatic carboxylic acids is 1. The number of benzene rings is 2. The third kappa shape index (κ3) is 4.55. The molecule has 0 fully saturated rings. The highest BCUT2D eigenvalue weighted by atomic mass is 35.5. The molecule has 0 aromatic heterocycles. The molecule has 0 spiro atoms. The first-order valence-corrected chi connectivity index (χ1v) is 6.83. The average Bonchev–Trinajstić information content (AvgIpc) is 2.39. The summed E-state index contributed by atoms with van der Waals surface area (Å²) in [4.78, 5) is 10.7. The fourth-order valence-corrected chi connectivity index (χ4v) is 2.07. The van der Waals surface area contributed by atoms with E-state index in [0.717, 1.165) is 0 Å². The van der Waals surface area contributed by atoms with Crippen LogP contribution >= 0.6 is 23.2 Å². The number of ether oxygens (including phenoxy) is 2. The van der Waals surface area contributed by atoms with Gasteiger partial charge < -0.3 is 14.6 Å². The molecule has 0 aliphatic rings. The second-order valence-electron chi connectivity index (χ2n) is 4.28. The van der Waals surface area contributed by atoms with Gasteiger partial charge in [-0.3, -0.25) is 0 Å². The van der Waals surface area contributed by atoms with E-state index in [4.69, 9.17) is 37.8 Å². The summed E-state index contributed by atoms with van der Waals surface area (Å²) >= 11 is 11.8. The van der Waals surface area contributed by atoms with Gasteiger partial charge in [-0.2, -0.15) is 0 Å². The second-order valence-corrected chi connectivity index (χ2v) is 5.15. The van der Waals surface area contributed by atoms with Crippen molar-refractivity contribution in [3.8, 4) is 17.2 Å². The van der Waals surface area contributed by atoms with E-state index in [1.54, 1.807) is 42.5 Å². The molecular weight excluding hydrogens is 315 g/mol. The summed E-state index contributed by atoms with van der Waals surface area (Å²) < 4.78 is 10.8. The summed E-state index contributed by atoms with van der Waals surface area (Å²) in [5.41, 5.74) is 0. The highest BCUT2D eigenvalue weighted by Crippen LogP contribution is 2.29. The SMILES string of the molecule is CC(Oc1ccc(Oc2cc(Cl)cc(Cl)c2)cc1)C(=O)O. The Kier molecular flexibility index (Phi) is 4.94. The molecule has 1 N–H and O–H groups in total. The Balaban J connectivity index is 2.07. The Hall–Kier alpha value is -1.91. The van der Waals surface area contributed by atoms with E-state index in [-0.39, 0.29) is 0 Å². The lowest BCUT2D eigenvalue weighted by molar-refractivity contribution is -0.144. The molecule has 0 aliphatic carbocycles. The molecule has 0 heterocycles. The third-order valence-electron chi connectivity index (χ3n) is 2.56. The van der Waals surface area contributed by atoms with E-state index in [0.29, 0.717) is 27.3 Å². The molecule has 0 saturated carbocycles. The molecule has 1 atom stereocenters. The van der Waals surface area contributed by atoms with E-state index < -0.39 is 12.1 Å². The van der Waals surface area contributed by atoms with Gasteiger partial charge in [-0.25, -0.2) is 4.79 Å². The van der Waals surface area contributed by atoms with Crippen molar-refractivity contribution in [1.82, 2.24) is 0 Å². The summed E-state index contributed by atoms with van der Waals surface area (Å²) in [5, 5.41) is 9.73. The summed E-state index contributed by atoms with van der Waals surface area (Å²) in [5.74, 6) is 0.494. The highest BCUT2D eigenvalue weighted by molar-refractivity contribution is 6.34. The summed E-state index contributed by atoms with van der Waals surface area (Å²) in [6, 6.07) is 11.5. The van der Waals surface area contributed by atoms with Crippen LogP contribution in [0.15, 0.2) is 42.5 Å². The molecule has 0 saturated heterocycles. The first kappa shape index (κ1) is 15.5. The van der Waals surface area contributed by atoms with Crippen molar-refractivity contribution < 1.29 is 19.4 Å². The van der Waals surface area contributed by atoms with Gasteiger partial charge in [0.15, 0.2) is 6.10 Å². The van der Waals surface area contributed by atoms with Gasteiger partial charge in [0.1, 0.15) is 17.2 Å². The van der Waals surface area contributed by atoms with Crippen LogP contribution in [0.4, 0.5) is 0 Å². The number of carboxylic acids is 1. The third-order valence-corrected chi connectivity index (χ3v) is 2.99. The maximum Gasteiger partial charge on any atom is 0.344 e. The Bertz CT molecular complexity index is 620. The molecule has 110 valence electrons. The Morgan fingerprint density at radius 2 is 1.52 bits per heavy atom. The number of carboxylic acid groups (broad SMARTS) is 1. The molecule has 2 aromatic carbocycles. The standard InChI is InChI=1S/C15H12Cl2O4/c1-9(15(18)19)20-12-2-4-13(5-3-12)21-14-7-10(16)6-11(17)8-14/h2-9H,1H3,(H,18,19). The molecule has 0 amide bonds. The second kappa shape index (κ2) is 6.70. The lowest BCUT2D eigenvalue weighted by atomic mass is 10.3. The molecule has 0 aliphatic heterocycles. The van der Waals surface area contributed by atoms with Gasteiger partial charge in [0.05, 0.1) is 0 Å². The van der Waals surface area contributed by atoms with E-state index in [9.17, 15) is 4.79 Å². The lowest BCUT2D eigenvalue weighted by Gasteiger charge is -2.11. The molecule has 21 heavy (non-hydrogen) atoms. The Labute approximate surface area is 131 Å². The monoisotopic (exact) mass is 326 g/mol. The van der Waals surface area contributed by atoms with Gasteiger partial charge in [0, 0.05) is 10.0 Å². The van der Waals surface area contributed by atoms with Crippen molar-refractivity contribution in [2.45, 2.75) is 13.0 Å². The first-order chi connectivity index (χ1) is 9.94. The molecular formula is C15H12Cl2O4. The molecule has 2 aromatic rings. The molecule has 2 rings (SSSR count). The number of rotatable bonds is 5. The minimum atomic E-state index is -1.02. The van der Waals surface area contributed by atoms with Crippen LogP contribution in [0, 0.1) is 0 Å². The van der Waals surface area contributed by atoms with Gasteiger partial charge in [-0.15, -0.1) is 0 Å². The van der Waals surface area contributed by atoms with Crippen molar-refractivity contribution in [2.75, 3.05) is 0 Å². The van der Waals surface area contributed by atoms with Crippen molar-refractivity contribution in [2.24, 2.45) is 0 Å². The molecule has 0 bridgehead atoms. The topological polar surface area (TPSA) is 55.8 Å². The highest BCUT2D eigenvalue weighted by Gasteiger charge is 2.12. The zero-order valence-electron chi connectivity index (χ0n) is 11.0. The van der Waals surface area contributed by atoms with E-state index in [2.05, 4.69) is 0 Å². The van der Waals surface area contributed by atoms with Crippen LogP contribution in [0.3, 0.4) is 0 Å². The van der Waals surface area contributed by atoms with Crippen molar-refractivity contribution in [3.05, 3.63) is 52.5 Å². The minimum absolute atomic E-state index is 0.446. The van der Waals surface area contributed by atoms with Crippen LogP contribution in [-0.2, 0) is 4.79 Å². The van der Waals surface area contributed by atoms with Crippen LogP contribution < -0.4 is 9.47 Å². The van der Waals surface area contributed by atoms with Crippen LogP contribution in [0.1, 0.15) is 6.92 Å². The van der Waals surface area contributed by atoms with E-state index in [1.165, 1.54) is 6.92 Å². The molecule has 6 heteroatoms.